The summed E-state index contributed by atoms with van der Waals surface area (Å²) in [7, 11) is 0. The number of fused-ring (bicyclic) bond motifs is 8. The van der Waals surface area contributed by atoms with Crippen LogP contribution in [0.15, 0.2) is 152 Å². The minimum Gasteiger partial charge on any atom is -0.494 e. The van der Waals surface area contributed by atoms with Crippen molar-refractivity contribution in [3.05, 3.63) is 174 Å². The lowest BCUT2D eigenvalue weighted by Gasteiger charge is -2.24. The van der Waals surface area contributed by atoms with E-state index in [0.29, 0.717) is 6.61 Å². The summed E-state index contributed by atoms with van der Waals surface area (Å²) in [6.07, 6.45) is 0. The van der Waals surface area contributed by atoms with Gasteiger partial charge in [-0.3, -0.25) is 0 Å². The lowest BCUT2D eigenvalue weighted by molar-refractivity contribution is 0.340. The molecule has 0 atom stereocenters. The van der Waals surface area contributed by atoms with Gasteiger partial charge in [0.25, 0.3) is 0 Å². The molecule has 8 aromatic rings. The summed E-state index contributed by atoms with van der Waals surface area (Å²) in [4.78, 5) is 0. The average Bonchev–Trinajstić information content (AvgIpc) is 3.56. The summed E-state index contributed by atoms with van der Waals surface area (Å²) in [6.45, 7) is 12.2. The predicted octanol–water partition coefficient (Wildman–Crippen LogP) is 14.0. The number of hydrogen-bond acceptors (Lipinski definition) is 1. The molecule has 0 radical (unpaired) electrons. The molecule has 0 aliphatic heterocycles. The standard InChI is InChI=1S/C52H42O/c1-6-53-36-24-19-32(20-25-36)49-41-14-7-9-16-43(41)50(44-17-10-8-15-42(44)49)35-23-28-40-39-27-22-34(30-47(39)52(4,5)48(40)31-35)33-21-26-38-37-13-11-12-18-45(37)51(2,3)46(38)29-33/h7-31H,6H2,1-5H3. The van der Waals surface area contributed by atoms with Crippen LogP contribution < -0.4 is 4.74 Å². The molecule has 0 heterocycles. The van der Waals surface area contributed by atoms with Crippen molar-refractivity contribution in [3.63, 3.8) is 0 Å². The minimum atomic E-state index is -0.156. The van der Waals surface area contributed by atoms with Gasteiger partial charge in [-0.1, -0.05) is 149 Å². The van der Waals surface area contributed by atoms with Gasteiger partial charge in [0.15, 0.2) is 0 Å². The highest BCUT2D eigenvalue weighted by Crippen LogP contribution is 2.53. The van der Waals surface area contributed by atoms with Gasteiger partial charge in [0, 0.05) is 10.8 Å². The van der Waals surface area contributed by atoms with Crippen molar-refractivity contribution < 1.29 is 4.74 Å². The molecule has 0 amide bonds. The molecule has 0 bridgehead atoms. The van der Waals surface area contributed by atoms with Crippen molar-refractivity contribution in [1.29, 1.82) is 0 Å². The van der Waals surface area contributed by atoms with Gasteiger partial charge in [0.1, 0.15) is 5.75 Å². The Hall–Kier alpha value is -5.92. The summed E-state index contributed by atoms with van der Waals surface area (Å²) >= 11 is 0. The lowest BCUT2D eigenvalue weighted by Crippen LogP contribution is -2.15. The van der Waals surface area contributed by atoms with Crippen molar-refractivity contribution in [1.82, 2.24) is 0 Å². The molecule has 53 heavy (non-hydrogen) atoms. The van der Waals surface area contributed by atoms with E-state index in [1.165, 1.54) is 99.4 Å². The van der Waals surface area contributed by atoms with Crippen LogP contribution in [0.2, 0.25) is 0 Å². The molecule has 0 N–H and O–H groups in total. The molecular formula is C52H42O. The van der Waals surface area contributed by atoms with Crippen molar-refractivity contribution in [2.75, 3.05) is 6.61 Å². The molecule has 2 aliphatic carbocycles. The van der Waals surface area contributed by atoms with E-state index >= 15 is 0 Å². The monoisotopic (exact) mass is 682 g/mol. The van der Waals surface area contributed by atoms with E-state index in [1.54, 1.807) is 0 Å². The van der Waals surface area contributed by atoms with Crippen LogP contribution >= 0.6 is 0 Å². The van der Waals surface area contributed by atoms with E-state index in [4.69, 9.17) is 4.74 Å². The van der Waals surface area contributed by atoms with Crippen LogP contribution in [-0.2, 0) is 10.8 Å². The first kappa shape index (κ1) is 31.8. The Morgan fingerprint density at radius 2 is 0.755 bits per heavy atom. The first-order valence-corrected chi connectivity index (χ1v) is 19.0. The molecule has 8 aromatic carbocycles. The SMILES string of the molecule is CCOc1ccc(-c2c3ccccc3c(-c3ccc4c(c3)C(C)(C)c3cc(-c5ccc6c(c5)C(C)(C)c5ccccc5-6)ccc3-4)c3ccccc23)cc1. The van der Waals surface area contributed by atoms with E-state index < -0.39 is 0 Å². The largest absolute Gasteiger partial charge is 0.494 e. The van der Waals surface area contributed by atoms with Crippen LogP contribution in [0.25, 0.3) is 77.2 Å². The van der Waals surface area contributed by atoms with E-state index in [0.717, 1.165) is 5.75 Å². The highest BCUT2D eigenvalue weighted by atomic mass is 16.5. The number of rotatable bonds is 5. The smallest absolute Gasteiger partial charge is 0.119 e. The van der Waals surface area contributed by atoms with Crippen molar-refractivity contribution in [3.8, 4) is 61.4 Å². The van der Waals surface area contributed by atoms with Crippen LogP contribution in [0.5, 0.6) is 5.75 Å². The Labute approximate surface area is 312 Å². The summed E-state index contributed by atoms with van der Waals surface area (Å²) in [5.41, 5.74) is 18.4. The van der Waals surface area contributed by atoms with Crippen LogP contribution in [0.3, 0.4) is 0 Å². The van der Waals surface area contributed by atoms with E-state index in [1.807, 2.05) is 6.92 Å². The first-order chi connectivity index (χ1) is 25.8. The number of hydrogen-bond donors (Lipinski definition) is 0. The fourth-order valence-electron chi connectivity index (χ4n) is 9.59. The first-order valence-electron chi connectivity index (χ1n) is 19.0. The highest BCUT2D eigenvalue weighted by Gasteiger charge is 2.37. The Balaban J connectivity index is 1.09. The van der Waals surface area contributed by atoms with Gasteiger partial charge in [-0.05, 0) is 137 Å². The topological polar surface area (TPSA) is 9.23 Å². The van der Waals surface area contributed by atoms with Crippen LogP contribution in [-0.4, -0.2) is 6.61 Å². The van der Waals surface area contributed by atoms with Crippen molar-refractivity contribution >= 4 is 21.5 Å². The summed E-state index contributed by atoms with van der Waals surface area (Å²) in [6, 6.07) is 56.8. The Bertz CT molecular complexity index is 2720. The van der Waals surface area contributed by atoms with Gasteiger partial charge in [-0.15, -0.1) is 0 Å². The quantitative estimate of drug-likeness (QED) is 0.164. The van der Waals surface area contributed by atoms with Crippen LogP contribution in [0.1, 0.15) is 56.9 Å². The maximum atomic E-state index is 5.79. The van der Waals surface area contributed by atoms with Gasteiger partial charge < -0.3 is 4.74 Å². The number of ether oxygens (including phenoxy) is 1. The van der Waals surface area contributed by atoms with Gasteiger partial charge >= 0.3 is 0 Å². The van der Waals surface area contributed by atoms with E-state index in [9.17, 15) is 0 Å². The molecule has 0 spiro atoms. The molecule has 0 saturated carbocycles. The Morgan fingerprint density at radius 1 is 0.377 bits per heavy atom. The van der Waals surface area contributed by atoms with Crippen molar-refractivity contribution in [2.24, 2.45) is 0 Å². The Morgan fingerprint density at radius 3 is 1.26 bits per heavy atom. The average molecular weight is 683 g/mol. The van der Waals surface area contributed by atoms with Gasteiger partial charge in [-0.2, -0.15) is 0 Å². The maximum Gasteiger partial charge on any atom is 0.119 e. The summed E-state index contributed by atoms with van der Waals surface area (Å²) in [5, 5.41) is 5.07. The van der Waals surface area contributed by atoms with Crippen LogP contribution in [0.4, 0.5) is 0 Å². The van der Waals surface area contributed by atoms with E-state index in [2.05, 4.69) is 179 Å². The third-order valence-corrected chi connectivity index (χ3v) is 12.3. The Kier molecular flexibility index (Phi) is 6.92. The molecule has 1 nitrogen and oxygen atoms in total. The van der Waals surface area contributed by atoms with E-state index in [-0.39, 0.29) is 10.8 Å². The molecule has 10 rings (SSSR count). The van der Waals surface area contributed by atoms with Crippen LogP contribution in [0, 0.1) is 0 Å². The molecule has 256 valence electrons. The van der Waals surface area contributed by atoms with Gasteiger partial charge in [0.2, 0.25) is 0 Å². The maximum absolute atomic E-state index is 5.79. The third kappa shape index (κ3) is 4.63. The minimum absolute atomic E-state index is 0.0225. The molecule has 0 unspecified atom stereocenters. The zero-order chi connectivity index (χ0) is 36.1. The molecule has 0 fully saturated rings. The molecular weight excluding hydrogens is 641 g/mol. The normalized spacial score (nSPS) is 14.5. The number of benzene rings is 8. The fraction of sp³-hybridized carbons (Fsp3) is 0.154. The lowest BCUT2D eigenvalue weighted by atomic mass is 9.79. The molecule has 2 aliphatic rings. The second-order valence-electron chi connectivity index (χ2n) is 15.9. The van der Waals surface area contributed by atoms with Gasteiger partial charge in [-0.25, -0.2) is 0 Å². The highest BCUT2D eigenvalue weighted by molar-refractivity contribution is 6.21. The predicted molar refractivity (Wildman–Crippen MR) is 224 cm³/mol. The molecule has 0 saturated heterocycles. The second-order valence-corrected chi connectivity index (χ2v) is 15.9. The zero-order valence-electron chi connectivity index (χ0n) is 31.0. The third-order valence-electron chi connectivity index (χ3n) is 12.3. The molecule has 0 aromatic heterocycles. The van der Waals surface area contributed by atoms with Gasteiger partial charge in [0.05, 0.1) is 6.61 Å². The fourth-order valence-corrected chi connectivity index (χ4v) is 9.59. The second kappa shape index (κ2) is 11.5. The van der Waals surface area contributed by atoms with Crippen molar-refractivity contribution in [2.45, 2.75) is 45.4 Å². The summed E-state index contributed by atoms with van der Waals surface area (Å²) in [5.74, 6) is 0.901. The zero-order valence-corrected chi connectivity index (χ0v) is 31.0. The molecule has 1 heteroatoms. The summed E-state index contributed by atoms with van der Waals surface area (Å²) < 4.78 is 5.79.